The summed E-state index contributed by atoms with van der Waals surface area (Å²) >= 11 is 1.62. The van der Waals surface area contributed by atoms with E-state index >= 15 is 0 Å². The molecule has 0 aromatic carbocycles. The molecule has 3 nitrogen and oxygen atoms in total. The molecule has 0 spiro atoms. The van der Waals surface area contributed by atoms with Crippen molar-refractivity contribution in [3.8, 4) is 0 Å². The van der Waals surface area contributed by atoms with Crippen LogP contribution in [-0.4, -0.2) is 29.4 Å². The van der Waals surface area contributed by atoms with Crippen LogP contribution in [0.3, 0.4) is 0 Å². The van der Waals surface area contributed by atoms with Crippen molar-refractivity contribution in [2.75, 3.05) is 13.2 Å². The number of aromatic nitrogens is 1. The topological polar surface area (TPSA) is 42.4 Å². The summed E-state index contributed by atoms with van der Waals surface area (Å²) in [5, 5.41) is 12.8. The summed E-state index contributed by atoms with van der Waals surface area (Å²) in [6.45, 7) is 5.45. The minimum absolute atomic E-state index is 0.281. The van der Waals surface area contributed by atoms with Crippen molar-refractivity contribution >= 4 is 11.3 Å². The zero-order valence-electron chi connectivity index (χ0n) is 9.40. The number of nitrogens with zero attached hydrogens (tertiary/aromatic N) is 1. The van der Waals surface area contributed by atoms with Crippen molar-refractivity contribution in [2.24, 2.45) is 0 Å². The van der Waals surface area contributed by atoms with Crippen LogP contribution in [0.1, 0.15) is 30.5 Å². The third-order valence-corrected chi connectivity index (χ3v) is 3.10. The molecule has 0 amide bonds. The first-order chi connectivity index (χ1) is 7.22. The predicted molar refractivity (Wildman–Crippen MR) is 62.3 cm³/mol. The molecule has 0 saturated heterocycles. The third-order valence-electron chi connectivity index (χ3n) is 2.11. The van der Waals surface area contributed by atoms with Gasteiger partial charge in [0.1, 0.15) is 0 Å². The quantitative estimate of drug-likeness (QED) is 0.729. The van der Waals surface area contributed by atoms with E-state index in [4.69, 9.17) is 4.74 Å². The van der Waals surface area contributed by atoms with Gasteiger partial charge in [-0.05, 0) is 26.7 Å². The Bertz CT molecular complexity index is 275. The van der Waals surface area contributed by atoms with Gasteiger partial charge >= 0.3 is 0 Å². The van der Waals surface area contributed by atoms with Crippen LogP contribution in [0.15, 0.2) is 5.38 Å². The number of aliphatic hydroxyl groups is 1. The molecular weight excluding hydrogens is 210 g/mol. The molecule has 0 saturated carbocycles. The van der Waals surface area contributed by atoms with Crippen LogP contribution in [0.25, 0.3) is 0 Å². The zero-order chi connectivity index (χ0) is 11.1. The maximum atomic E-state index is 9.72. The van der Waals surface area contributed by atoms with E-state index in [1.807, 2.05) is 19.2 Å². The standard InChI is InChI=1S/C11H19NO2S/c1-3-14-6-4-5-10(13)7-11-12-9(2)8-15-11/h8,10,13H,3-7H2,1-2H3. The number of ether oxygens (including phenoxy) is 1. The van der Waals surface area contributed by atoms with Crippen LogP contribution in [0.2, 0.25) is 0 Å². The second-order valence-corrected chi connectivity index (χ2v) is 4.52. The molecule has 0 aliphatic rings. The molecule has 1 unspecified atom stereocenters. The lowest BCUT2D eigenvalue weighted by Gasteiger charge is -2.08. The van der Waals surface area contributed by atoms with Gasteiger partial charge in [0.25, 0.3) is 0 Å². The van der Waals surface area contributed by atoms with Crippen LogP contribution in [0.5, 0.6) is 0 Å². The zero-order valence-corrected chi connectivity index (χ0v) is 10.2. The Hall–Kier alpha value is -0.450. The first-order valence-corrected chi connectivity index (χ1v) is 6.27. The van der Waals surface area contributed by atoms with Gasteiger partial charge in [-0.2, -0.15) is 0 Å². The molecule has 0 aliphatic heterocycles. The fraction of sp³-hybridized carbons (Fsp3) is 0.727. The predicted octanol–water partition coefficient (Wildman–Crippen LogP) is 2.17. The minimum Gasteiger partial charge on any atom is -0.393 e. The molecule has 1 rings (SSSR count). The summed E-state index contributed by atoms with van der Waals surface area (Å²) in [6, 6.07) is 0. The van der Waals surface area contributed by atoms with E-state index in [2.05, 4.69) is 4.98 Å². The van der Waals surface area contributed by atoms with E-state index in [-0.39, 0.29) is 6.10 Å². The van der Waals surface area contributed by atoms with E-state index in [1.54, 1.807) is 11.3 Å². The highest BCUT2D eigenvalue weighted by Crippen LogP contribution is 2.13. The Kier molecular flexibility index (Phi) is 5.83. The highest BCUT2D eigenvalue weighted by molar-refractivity contribution is 7.09. The van der Waals surface area contributed by atoms with Crippen molar-refractivity contribution < 1.29 is 9.84 Å². The van der Waals surface area contributed by atoms with Gasteiger partial charge in [-0.15, -0.1) is 11.3 Å². The van der Waals surface area contributed by atoms with Gasteiger partial charge in [0.2, 0.25) is 0 Å². The van der Waals surface area contributed by atoms with Crippen molar-refractivity contribution in [2.45, 2.75) is 39.2 Å². The lowest BCUT2D eigenvalue weighted by Crippen LogP contribution is -2.11. The second-order valence-electron chi connectivity index (χ2n) is 3.58. The van der Waals surface area contributed by atoms with Crippen LogP contribution >= 0.6 is 11.3 Å². The number of hydrogen-bond donors (Lipinski definition) is 1. The largest absolute Gasteiger partial charge is 0.393 e. The average molecular weight is 229 g/mol. The maximum Gasteiger partial charge on any atom is 0.0953 e. The SMILES string of the molecule is CCOCCCC(O)Cc1nc(C)cs1. The van der Waals surface area contributed by atoms with Crippen molar-refractivity contribution in [1.82, 2.24) is 4.98 Å². The molecule has 86 valence electrons. The van der Waals surface area contributed by atoms with Gasteiger partial charge in [0, 0.05) is 30.7 Å². The number of aliphatic hydroxyl groups excluding tert-OH is 1. The summed E-state index contributed by atoms with van der Waals surface area (Å²) in [5.41, 5.74) is 1.04. The average Bonchev–Trinajstić information content (AvgIpc) is 2.59. The molecule has 1 atom stereocenters. The van der Waals surface area contributed by atoms with E-state index < -0.39 is 0 Å². The van der Waals surface area contributed by atoms with Crippen molar-refractivity contribution in [1.29, 1.82) is 0 Å². The summed E-state index contributed by atoms with van der Waals surface area (Å²) in [6.07, 6.45) is 2.10. The van der Waals surface area contributed by atoms with Gasteiger partial charge in [-0.25, -0.2) is 4.98 Å². The normalized spacial score (nSPS) is 13.0. The Labute approximate surface area is 95.1 Å². The van der Waals surface area contributed by atoms with E-state index in [1.165, 1.54) is 0 Å². The molecular formula is C11H19NO2S. The second kappa shape index (κ2) is 6.93. The number of thiazole rings is 1. The highest BCUT2D eigenvalue weighted by atomic mass is 32.1. The van der Waals surface area contributed by atoms with Crippen LogP contribution in [-0.2, 0) is 11.2 Å². The molecule has 0 radical (unpaired) electrons. The molecule has 1 aromatic rings. The van der Waals surface area contributed by atoms with Crippen LogP contribution < -0.4 is 0 Å². The fourth-order valence-corrected chi connectivity index (χ4v) is 2.21. The first kappa shape index (κ1) is 12.6. The van der Waals surface area contributed by atoms with Gasteiger partial charge in [0.15, 0.2) is 0 Å². The Balaban J connectivity index is 2.15. The van der Waals surface area contributed by atoms with Crippen molar-refractivity contribution in [3.05, 3.63) is 16.1 Å². The number of rotatable bonds is 7. The molecule has 4 heteroatoms. The Morgan fingerprint density at radius 2 is 2.40 bits per heavy atom. The van der Waals surface area contributed by atoms with Gasteiger partial charge in [0.05, 0.1) is 11.1 Å². The van der Waals surface area contributed by atoms with Gasteiger partial charge in [-0.3, -0.25) is 0 Å². The summed E-state index contributed by atoms with van der Waals surface area (Å²) in [4.78, 5) is 4.32. The first-order valence-electron chi connectivity index (χ1n) is 5.39. The van der Waals surface area contributed by atoms with E-state index in [9.17, 15) is 5.11 Å². The summed E-state index contributed by atoms with van der Waals surface area (Å²) < 4.78 is 5.21. The molecule has 1 aromatic heterocycles. The monoisotopic (exact) mass is 229 g/mol. The van der Waals surface area contributed by atoms with E-state index in [0.29, 0.717) is 6.42 Å². The molecule has 0 fully saturated rings. The highest BCUT2D eigenvalue weighted by Gasteiger charge is 2.07. The Morgan fingerprint density at radius 1 is 1.60 bits per heavy atom. The lowest BCUT2D eigenvalue weighted by atomic mass is 10.1. The molecule has 15 heavy (non-hydrogen) atoms. The third kappa shape index (κ3) is 5.25. The maximum absolute atomic E-state index is 9.72. The smallest absolute Gasteiger partial charge is 0.0953 e. The van der Waals surface area contributed by atoms with E-state index in [0.717, 1.165) is 36.8 Å². The summed E-state index contributed by atoms with van der Waals surface area (Å²) in [5.74, 6) is 0. The summed E-state index contributed by atoms with van der Waals surface area (Å²) in [7, 11) is 0. The van der Waals surface area contributed by atoms with Crippen molar-refractivity contribution in [3.63, 3.8) is 0 Å². The molecule has 1 heterocycles. The fourth-order valence-electron chi connectivity index (χ4n) is 1.37. The lowest BCUT2D eigenvalue weighted by molar-refractivity contribution is 0.114. The minimum atomic E-state index is -0.281. The van der Waals surface area contributed by atoms with Crippen LogP contribution in [0, 0.1) is 6.92 Å². The van der Waals surface area contributed by atoms with Gasteiger partial charge in [-0.1, -0.05) is 0 Å². The number of hydrogen-bond acceptors (Lipinski definition) is 4. The molecule has 1 N–H and O–H groups in total. The molecule has 0 aliphatic carbocycles. The van der Waals surface area contributed by atoms with Crippen LogP contribution in [0.4, 0.5) is 0 Å². The van der Waals surface area contributed by atoms with Gasteiger partial charge < -0.3 is 9.84 Å². The number of aryl methyl sites for hydroxylation is 1. The Morgan fingerprint density at radius 3 is 3.00 bits per heavy atom. The molecule has 0 bridgehead atoms.